The molecule has 1 aliphatic carbocycles. The Morgan fingerprint density at radius 3 is 2.83 bits per heavy atom. The molecule has 0 N–H and O–H groups in total. The molecule has 3 fully saturated rings. The number of fused-ring (bicyclic) bond motifs is 3. The van der Waals surface area contributed by atoms with Gasteiger partial charge in [0.05, 0.1) is 0 Å². The number of benzene rings is 1. The van der Waals surface area contributed by atoms with Crippen LogP contribution in [0, 0.1) is 14.9 Å². The van der Waals surface area contributed by atoms with Crippen LogP contribution in [0.1, 0.15) is 28.8 Å². The first kappa shape index (κ1) is 11.4. The highest BCUT2D eigenvalue weighted by Gasteiger charge is 2.54. The molecule has 3 heterocycles. The molecule has 1 unspecified atom stereocenters. The van der Waals surface area contributed by atoms with Gasteiger partial charge in [-0.1, -0.05) is 6.07 Å². The van der Waals surface area contributed by atoms with Crippen LogP contribution >= 0.6 is 22.6 Å². The van der Waals surface area contributed by atoms with Gasteiger partial charge in [0.2, 0.25) is 0 Å². The molecule has 1 aromatic rings. The smallest absolute Gasteiger partial charge is 0.169 e. The van der Waals surface area contributed by atoms with Crippen LogP contribution in [-0.4, -0.2) is 30.3 Å². The lowest BCUT2D eigenvalue weighted by Gasteiger charge is -2.55. The molecule has 3 aliphatic heterocycles. The van der Waals surface area contributed by atoms with Crippen LogP contribution in [-0.2, 0) is 6.42 Å². The van der Waals surface area contributed by atoms with Crippen molar-refractivity contribution >= 4 is 28.4 Å². The lowest BCUT2D eigenvalue weighted by Crippen LogP contribution is -2.60. The summed E-state index contributed by atoms with van der Waals surface area (Å²) < 4.78 is 1.25. The molecule has 1 aromatic carbocycles. The van der Waals surface area contributed by atoms with Gasteiger partial charge in [-0.05, 0) is 78.6 Å². The zero-order valence-corrected chi connectivity index (χ0v) is 12.4. The molecule has 0 aromatic heterocycles. The summed E-state index contributed by atoms with van der Waals surface area (Å²) in [6, 6.07) is 6.34. The summed E-state index contributed by atoms with van der Waals surface area (Å²) in [5.74, 6) is 1.02. The molecular weight excluding hydrogens is 337 g/mol. The van der Waals surface area contributed by atoms with Crippen molar-refractivity contribution in [3.8, 4) is 0 Å². The summed E-state index contributed by atoms with van der Waals surface area (Å²) in [7, 11) is 0. The zero-order valence-electron chi connectivity index (χ0n) is 10.3. The second-order valence-electron chi connectivity index (χ2n) is 5.99. The van der Waals surface area contributed by atoms with Crippen molar-refractivity contribution in [2.75, 3.05) is 19.6 Å². The molecule has 0 amide bonds. The van der Waals surface area contributed by atoms with Gasteiger partial charge in [-0.15, -0.1) is 0 Å². The Morgan fingerprint density at radius 2 is 2.06 bits per heavy atom. The van der Waals surface area contributed by atoms with Crippen LogP contribution in [0.15, 0.2) is 18.2 Å². The van der Waals surface area contributed by atoms with Crippen molar-refractivity contribution < 1.29 is 4.79 Å². The van der Waals surface area contributed by atoms with Gasteiger partial charge in [0.15, 0.2) is 5.78 Å². The molecule has 0 radical (unpaired) electrons. The van der Waals surface area contributed by atoms with Gasteiger partial charge in [-0.2, -0.15) is 0 Å². The van der Waals surface area contributed by atoms with Crippen molar-refractivity contribution in [3.63, 3.8) is 0 Å². The molecule has 2 bridgehead atoms. The Hall–Kier alpha value is -0.420. The predicted octanol–water partition coefficient (Wildman–Crippen LogP) is 2.74. The number of rotatable bonds is 0. The molecular formula is C15H16INO. The van der Waals surface area contributed by atoms with Crippen LogP contribution in [0.2, 0.25) is 0 Å². The van der Waals surface area contributed by atoms with E-state index in [0.29, 0.717) is 11.7 Å². The van der Waals surface area contributed by atoms with E-state index < -0.39 is 0 Å². The Labute approximate surface area is 121 Å². The van der Waals surface area contributed by atoms with E-state index in [1.807, 2.05) is 0 Å². The topological polar surface area (TPSA) is 20.3 Å². The standard InChI is InChI=1S/C15H16INO/c16-12-1-2-13-10(8-12)7-11-9-17-5-3-15(11,4-6-17)14(13)18/h1-2,8,11H,3-7,9H2. The van der Waals surface area contributed by atoms with E-state index in [-0.39, 0.29) is 5.41 Å². The maximum absolute atomic E-state index is 12.9. The van der Waals surface area contributed by atoms with E-state index in [9.17, 15) is 4.79 Å². The van der Waals surface area contributed by atoms with Gasteiger partial charge in [-0.25, -0.2) is 0 Å². The SMILES string of the molecule is O=C1c2ccc(I)cc2CC2CN3CCC12CC3. The maximum Gasteiger partial charge on any atom is 0.169 e. The summed E-state index contributed by atoms with van der Waals surface area (Å²) in [6.07, 6.45) is 3.28. The minimum absolute atomic E-state index is 0.00542. The normalized spacial score (nSPS) is 37.3. The van der Waals surface area contributed by atoms with E-state index >= 15 is 0 Å². The number of hydrogen-bond acceptors (Lipinski definition) is 2. The van der Waals surface area contributed by atoms with Gasteiger partial charge in [0.1, 0.15) is 0 Å². The molecule has 1 atom stereocenters. The Balaban J connectivity index is 1.86. The largest absolute Gasteiger partial charge is 0.303 e. The van der Waals surface area contributed by atoms with Crippen LogP contribution in [0.4, 0.5) is 0 Å². The molecule has 1 spiro atoms. The van der Waals surface area contributed by atoms with Gasteiger partial charge in [-0.3, -0.25) is 4.79 Å². The molecule has 3 saturated heterocycles. The van der Waals surface area contributed by atoms with Crippen molar-refractivity contribution in [1.29, 1.82) is 0 Å². The highest BCUT2D eigenvalue weighted by Crippen LogP contribution is 2.51. The highest BCUT2D eigenvalue weighted by atomic mass is 127. The first-order valence-electron chi connectivity index (χ1n) is 6.75. The molecule has 5 rings (SSSR count). The number of hydrogen-bond donors (Lipinski definition) is 0. The summed E-state index contributed by atoms with van der Waals surface area (Å²) in [4.78, 5) is 15.5. The van der Waals surface area contributed by atoms with Gasteiger partial charge >= 0.3 is 0 Å². The van der Waals surface area contributed by atoms with Crippen molar-refractivity contribution in [2.24, 2.45) is 11.3 Å². The Bertz CT molecular complexity index is 531. The van der Waals surface area contributed by atoms with E-state index in [1.54, 1.807) is 0 Å². The number of carbonyl (C=O) groups is 1. The van der Waals surface area contributed by atoms with Crippen LogP contribution < -0.4 is 0 Å². The summed E-state index contributed by atoms with van der Waals surface area (Å²) in [5.41, 5.74) is 2.30. The van der Waals surface area contributed by atoms with Crippen LogP contribution in [0.3, 0.4) is 0 Å². The van der Waals surface area contributed by atoms with Gasteiger partial charge < -0.3 is 4.90 Å². The molecule has 94 valence electrons. The van der Waals surface area contributed by atoms with Crippen molar-refractivity contribution in [3.05, 3.63) is 32.9 Å². The van der Waals surface area contributed by atoms with E-state index in [1.165, 1.54) is 9.13 Å². The summed E-state index contributed by atoms with van der Waals surface area (Å²) >= 11 is 2.34. The third kappa shape index (κ3) is 1.40. The average Bonchev–Trinajstić information content (AvgIpc) is 2.39. The fourth-order valence-corrected chi connectivity index (χ4v) is 4.74. The maximum atomic E-state index is 12.9. The van der Waals surface area contributed by atoms with Crippen LogP contribution in [0.25, 0.3) is 0 Å². The van der Waals surface area contributed by atoms with Gasteiger partial charge in [0.25, 0.3) is 0 Å². The second kappa shape index (κ2) is 3.79. The van der Waals surface area contributed by atoms with Crippen LogP contribution in [0.5, 0.6) is 0 Å². The number of ketones is 1. The van der Waals surface area contributed by atoms with E-state index in [4.69, 9.17) is 0 Å². The zero-order chi connectivity index (χ0) is 12.3. The summed E-state index contributed by atoms with van der Waals surface area (Å²) in [6.45, 7) is 3.39. The minimum atomic E-state index is -0.00542. The Morgan fingerprint density at radius 1 is 1.28 bits per heavy atom. The fraction of sp³-hybridized carbons (Fsp3) is 0.533. The third-order valence-electron chi connectivity index (χ3n) is 5.24. The molecule has 2 nitrogen and oxygen atoms in total. The molecule has 0 saturated carbocycles. The van der Waals surface area contributed by atoms with Crippen molar-refractivity contribution in [2.45, 2.75) is 19.3 Å². The van der Waals surface area contributed by atoms with Gasteiger partial charge in [0, 0.05) is 21.1 Å². The number of piperidine rings is 3. The van der Waals surface area contributed by atoms with Crippen molar-refractivity contribution in [1.82, 2.24) is 4.90 Å². The lowest BCUT2D eigenvalue weighted by molar-refractivity contribution is -0.0218. The molecule has 3 heteroatoms. The monoisotopic (exact) mass is 353 g/mol. The number of carbonyl (C=O) groups excluding carboxylic acids is 1. The lowest BCUT2D eigenvalue weighted by atomic mass is 9.56. The number of nitrogens with zero attached hydrogens (tertiary/aromatic N) is 1. The highest BCUT2D eigenvalue weighted by molar-refractivity contribution is 14.1. The Kier molecular flexibility index (Phi) is 2.40. The minimum Gasteiger partial charge on any atom is -0.303 e. The third-order valence-corrected chi connectivity index (χ3v) is 5.91. The first-order chi connectivity index (χ1) is 8.69. The fourth-order valence-electron chi connectivity index (χ4n) is 4.19. The average molecular weight is 353 g/mol. The van der Waals surface area contributed by atoms with E-state index in [2.05, 4.69) is 45.7 Å². The first-order valence-corrected chi connectivity index (χ1v) is 7.82. The quantitative estimate of drug-likeness (QED) is 0.669. The molecule has 4 aliphatic rings. The number of Topliss-reactive ketones (excluding diaryl/α,β-unsaturated/α-hetero) is 1. The summed E-state index contributed by atoms with van der Waals surface area (Å²) in [5, 5.41) is 0. The predicted molar refractivity (Wildman–Crippen MR) is 78.8 cm³/mol. The van der Waals surface area contributed by atoms with E-state index in [0.717, 1.165) is 44.5 Å². The second-order valence-corrected chi connectivity index (χ2v) is 7.23. The number of halogens is 1. The molecule has 18 heavy (non-hydrogen) atoms.